The topological polar surface area (TPSA) is 69.4 Å². The fraction of sp³-hybridized carbons (Fsp3) is 0.133. The van der Waals surface area contributed by atoms with E-state index in [2.05, 4.69) is 15.9 Å². The summed E-state index contributed by atoms with van der Waals surface area (Å²) in [6.07, 6.45) is 0.409. The van der Waals surface area contributed by atoms with Crippen molar-refractivity contribution in [2.45, 2.75) is 13.3 Å². The fourth-order valence-electron chi connectivity index (χ4n) is 1.79. The molecule has 0 saturated carbocycles. The number of halogens is 1. The van der Waals surface area contributed by atoms with Gasteiger partial charge in [-0.1, -0.05) is 35.0 Å². The van der Waals surface area contributed by atoms with Gasteiger partial charge in [-0.05, 0) is 18.2 Å². The smallest absolute Gasteiger partial charge is 0.274 e. The Bertz CT molecular complexity index is 700. The van der Waals surface area contributed by atoms with Crippen LogP contribution in [0, 0.1) is 10.1 Å². The van der Waals surface area contributed by atoms with E-state index in [1.54, 1.807) is 37.3 Å². The molecule has 2 aromatic rings. The molecule has 2 rings (SSSR count). The van der Waals surface area contributed by atoms with Gasteiger partial charge < -0.3 is 4.74 Å². The first-order valence-electron chi connectivity index (χ1n) is 6.25. The van der Waals surface area contributed by atoms with E-state index < -0.39 is 4.92 Å². The van der Waals surface area contributed by atoms with Crippen LogP contribution in [0.4, 0.5) is 5.69 Å². The quantitative estimate of drug-likeness (QED) is 0.444. The van der Waals surface area contributed by atoms with Gasteiger partial charge in [0.15, 0.2) is 5.78 Å². The van der Waals surface area contributed by atoms with Crippen LogP contribution in [-0.4, -0.2) is 10.7 Å². The molecule has 0 heterocycles. The molecule has 0 atom stereocenters. The van der Waals surface area contributed by atoms with E-state index in [1.165, 1.54) is 12.1 Å². The van der Waals surface area contributed by atoms with E-state index in [0.717, 1.165) is 0 Å². The molecule has 0 aliphatic rings. The van der Waals surface area contributed by atoms with Gasteiger partial charge in [-0.25, -0.2) is 0 Å². The van der Waals surface area contributed by atoms with Crippen molar-refractivity contribution in [2.75, 3.05) is 0 Å². The third-order valence-electron chi connectivity index (χ3n) is 2.78. The van der Waals surface area contributed by atoms with Gasteiger partial charge in [0.05, 0.1) is 11.0 Å². The lowest BCUT2D eigenvalue weighted by Crippen LogP contribution is -1.96. The van der Waals surface area contributed by atoms with Crippen molar-refractivity contribution in [1.82, 2.24) is 0 Å². The maximum atomic E-state index is 11.7. The maximum absolute atomic E-state index is 11.7. The Kier molecular flexibility index (Phi) is 4.70. The number of carbonyl (C=O) groups is 1. The number of Topliss-reactive ketones (excluding diaryl/α,β-unsaturated/α-hetero) is 1. The average molecular weight is 350 g/mol. The molecule has 0 N–H and O–H groups in total. The van der Waals surface area contributed by atoms with E-state index in [-0.39, 0.29) is 11.5 Å². The average Bonchev–Trinajstić information content (AvgIpc) is 2.46. The van der Waals surface area contributed by atoms with Crippen LogP contribution < -0.4 is 4.74 Å². The summed E-state index contributed by atoms with van der Waals surface area (Å²) in [4.78, 5) is 22.0. The van der Waals surface area contributed by atoms with E-state index >= 15 is 0 Å². The molecular weight excluding hydrogens is 338 g/mol. The minimum absolute atomic E-state index is 0.0145. The summed E-state index contributed by atoms with van der Waals surface area (Å²) < 4.78 is 6.15. The van der Waals surface area contributed by atoms with Crippen LogP contribution in [0.1, 0.15) is 23.7 Å². The van der Waals surface area contributed by atoms with Crippen LogP contribution in [0.25, 0.3) is 0 Å². The van der Waals surface area contributed by atoms with Crippen molar-refractivity contribution in [3.63, 3.8) is 0 Å². The van der Waals surface area contributed by atoms with E-state index in [9.17, 15) is 14.9 Å². The van der Waals surface area contributed by atoms with Crippen LogP contribution in [0.15, 0.2) is 46.9 Å². The highest BCUT2D eigenvalue weighted by Gasteiger charge is 2.11. The minimum Gasteiger partial charge on any atom is -0.457 e. The number of nitro groups is 1. The number of carbonyl (C=O) groups excluding carboxylic acids is 1. The molecule has 0 spiro atoms. The van der Waals surface area contributed by atoms with Crippen molar-refractivity contribution < 1.29 is 14.5 Å². The summed E-state index contributed by atoms with van der Waals surface area (Å²) in [5.74, 6) is 0.805. The minimum atomic E-state index is -0.491. The predicted octanol–water partition coefficient (Wildman–Crippen LogP) is 4.74. The van der Waals surface area contributed by atoms with E-state index in [4.69, 9.17) is 4.74 Å². The number of non-ortho nitro benzene ring substituents is 1. The van der Waals surface area contributed by atoms with Crippen LogP contribution in [-0.2, 0) is 0 Å². The lowest BCUT2D eigenvalue weighted by Gasteiger charge is -2.07. The summed E-state index contributed by atoms with van der Waals surface area (Å²) in [6.45, 7) is 1.79. The van der Waals surface area contributed by atoms with E-state index in [1.807, 2.05) is 0 Å². The molecular formula is C15H12BrNO4. The first-order valence-corrected chi connectivity index (χ1v) is 7.05. The summed E-state index contributed by atoms with van der Waals surface area (Å²) in [7, 11) is 0. The second-order valence-electron chi connectivity index (χ2n) is 4.31. The Morgan fingerprint density at radius 2 is 2.00 bits per heavy atom. The second kappa shape index (κ2) is 6.49. The third-order valence-corrected chi connectivity index (χ3v) is 3.24. The predicted molar refractivity (Wildman–Crippen MR) is 81.9 cm³/mol. The molecule has 108 valence electrons. The number of hydrogen-bond acceptors (Lipinski definition) is 4. The Balaban J connectivity index is 2.30. The molecule has 0 aliphatic heterocycles. The van der Waals surface area contributed by atoms with Crippen LogP contribution in [0.3, 0.4) is 0 Å². The lowest BCUT2D eigenvalue weighted by molar-refractivity contribution is -0.385. The summed E-state index contributed by atoms with van der Waals surface area (Å²) >= 11 is 3.20. The molecule has 0 fully saturated rings. The molecule has 6 heteroatoms. The van der Waals surface area contributed by atoms with Crippen molar-refractivity contribution in [1.29, 1.82) is 0 Å². The number of benzene rings is 2. The number of ketones is 1. The third kappa shape index (κ3) is 3.88. The first-order chi connectivity index (χ1) is 9.99. The summed E-state index contributed by atoms with van der Waals surface area (Å²) in [5.41, 5.74) is 0.486. The van der Waals surface area contributed by atoms with Crippen LogP contribution >= 0.6 is 15.9 Å². The highest BCUT2D eigenvalue weighted by atomic mass is 79.9. The SMILES string of the molecule is CCC(=O)c1cccc(Oc2cc(Br)cc([N+](=O)[O-])c2)c1. The van der Waals surface area contributed by atoms with Crippen molar-refractivity contribution >= 4 is 27.4 Å². The Morgan fingerprint density at radius 3 is 2.67 bits per heavy atom. The second-order valence-corrected chi connectivity index (χ2v) is 5.22. The molecule has 0 saturated heterocycles. The molecule has 0 aromatic heterocycles. The van der Waals surface area contributed by atoms with Gasteiger partial charge >= 0.3 is 0 Å². The van der Waals surface area contributed by atoms with Gasteiger partial charge in [0.2, 0.25) is 0 Å². The Hall–Kier alpha value is -2.21. The monoisotopic (exact) mass is 349 g/mol. The standard InChI is InChI=1S/C15H12BrNO4/c1-2-15(18)10-4-3-5-13(6-10)21-14-8-11(16)7-12(9-14)17(19)20/h3-9H,2H2,1H3. The fourth-order valence-corrected chi connectivity index (χ4v) is 2.25. The first kappa shape index (κ1) is 15.2. The van der Waals surface area contributed by atoms with Gasteiger partial charge in [-0.15, -0.1) is 0 Å². The highest BCUT2D eigenvalue weighted by Crippen LogP contribution is 2.30. The largest absolute Gasteiger partial charge is 0.457 e. The van der Waals surface area contributed by atoms with Crippen molar-refractivity contribution in [3.05, 3.63) is 62.6 Å². The number of hydrogen-bond donors (Lipinski definition) is 0. The molecule has 2 aromatic carbocycles. The van der Waals surface area contributed by atoms with Gasteiger partial charge in [0, 0.05) is 22.5 Å². The Labute approximate surface area is 129 Å². The van der Waals surface area contributed by atoms with Crippen LogP contribution in [0.2, 0.25) is 0 Å². The molecule has 5 nitrogen and oxygen atoms in total. The van der Waals surface area contributed by atoms with E-state index in [0.29, 0.717) is 28.0 Å². The highest BCUT2D eigenvalue weighted by molar-refractivity contribution is 9.10. The molecule has 0 radical (unpaired) electrons. The zero-order valence-corrected chi connectivity index (χ0v) is 12.8. The van der Waals surface area contributed by atoms with Gasteiger partial charge in [0.25, 0.3) is 5.69 Å². The molecule has 0 aliphatic carbocycles. The zero-order valence-electron chi connectivity index (χ0n) is 11.2. The van der Waals surface area contributed by atoms with Gasteiger partial charge in [-0.2, -0.15) is 0 Å². The van der Waals surface area contributed by atoms with Gasteiger partial charge in [0.1, 0.15) is 11.5 Å². The summed E-state index contributed by atoms with van der Waals surface area (Å²) in [6, 6.07) is 11.1. The number of nitrogens with zero attached hydrogens (tertiary/aromatic N) is 1. The molecule has 0 bridgehead atoms. The molecule has 0 unspecified atom stereocenters. The zero-order chi connectivity index (χ0) is 15.4. The van der Waals surface area contributed by atoms with Crippen LogP contribution in [0.5, 0.6) is 11.5 Å². The number of nitro benzene ring substituents is 1. The molecule has 0 amide bonds. The summed E-state index contributed by atoms with van der Waals surface area (Å²) in [5, 5.41) is 10.8. The maximum Gasteiger partial charge on any atom is 0.274 e. The number of rotatable bonds is 5. The molecule has 21 heavy (non-hydrogen) atoms. The van der Waals surface area contributed by atoms with Crippen molar-refractivity contribution in [2.24, 2.45) is 0 Å². The van der Waals surface area contributed by atoms with Crippen molar-refractivity contribution in [3.8, 4) is 11.5 Å². The number of ether oxygens (including phenoxy) is 1. The lowest BCUT2D eigenvalue weighted by atomic mass is 10.1. The normalized spacial score (nSPS) is 10.2. The Morgan fingerprint density at radius 1 is 1.24 bits per heavy atom. The van der Waals surface area contributed by atoms with Gasteiger partial charge in [-0.3, -0.25) is 14.9 Å².